The van der Waals surface area contributed by atoms with E-state index in [4.69, 9.17) is 0 Å². The first-order valence-corrected chi connectivity index (χ1v) is 11.7. The maximum atomic E-state index is 12.4. The lowest BCUT2D eigenvalue weighted by atomic mass is 10.2. The van der Waals surface area contributed by atoms with Crippen molar-refractivity contribution in [3.05, 3.63) is 54.1 Å². The lowest BCUT2D eigenvalue weighted by Crippen LogP contribution is -3.11. The Labute approximate surface area is 183 Å². The number of nitrogens with one attached hydrogen (secondary N) is 4. The van der Waals surface area contributed by atoms with Crippen molar-refractivity contribution < 1.29 is 19.4 Å². The number of thioether (sulfide) groups is 1. The Hall–Kier alpha value is -2.35. The molecule has 0 aromatic heterocycles. The van der Waals surface area contributed by atoms with Gasteiger partial charge in [0.05, 0.1) is 25.8 Å². The number of para-hydroxylation sites is 1. The molecule has 1 fully saturated rings. The van der Waals surface area contributed by atoms with Crippen LogP contribution in [0.3, 0.4) is 0 Å². The fourth-order valence-electron chi connectivity index (χ4n) is 3.80. The summed E-state index contributed by atoms with van der Waals surface area (Å²) in [4.78, 5) is 28.2. The maximum Gasteiger partial charge on any atom is 0.279 e. The smallest absolute Gasteiger partial charge is 0.279 e. The summed E-state index contributed by atoms with van der Waals surface area (Å²) in [6, 6.07) is 15.8. The number of likely N-dealkylation sites (tertiary alicyclic amines) is 1. The zero-order valence-corrected chi connectivity index (χ0v) is 18.6. The van der Waals surface area contributed by atoms with E-state index in [1.54, 1.807) is 16.7 Å². The number of likely N-dealkylation sites (N-methyl/N-ethyl adjacent to an activating group) is 1. The molecule has 1 heterocycles. The minimum atomic E-state index is -0.101. The van der Waals surface area contributed by atoms with Crippen molar-refractivity contribution in [2.45, 2.75) is 24.3 Å². The monoisotopic (exact) mass is 428 g/mol. The Bertz CT molecular complexity index is 851. The first kappa shape index (κ1) is 22.3. The topological polar surface area (TPSA) is 67.1 Å². The molecule has 4 N–H and O–H groups in total. The maximum absolute atomic E-state index is 12.4. The Morgan fingerprint density at radius 2 is 1.60 bits per heavy atom. The summed E-state index contributed by atoms with van der Waals surface area (Å²) in [6.45, 7) is 4.02. The van der Waals surface area contributed by atoms with Crippen LogP contribution in [0.1, 0.15) is 18.4 Å². The first-order chi connectivity index (χ1) is 14.5. The minimum Gasteiger partial charge on any atom is -0.331 e. The van der Waals surface area contributed by atoms with Gasteiger partial charge in [0.1, 0.15) is 6.54 Å². The molecule has 1 atom stereocenters. The number of hydrogen-bond donors (Lipinski definition) is 4. The molecule has 3 rings (SSSR count). The third-order valence-corrected chi connectivity index (χ3v) is 6.10. The van der Waals surface area contributed by atoms with E-state index in [1.165, 1.54) is 31.5 Å². The van der Waals surface area contributed by atoms with Gasteiger partial charge in [-0.2, -0.15) is 0 Å². The van der Waals surface area contributed by atoms with E-state index in [0.717, 1.165) is 27.7 Å². The number of quaternary nitrogens is 2. The van der Waals surface area contributed by atoms with E-state index >= 15 is 0 Å². The highest BCUT2D eigenvalue weighted by Gasteiger charge is 2.17. The largest absolute Gasteiger partial charge is 0.331 e. The summed E-state index contributed by atoms with van der Waals surface area (Å²) < 4.78 is 0. The summed E-state index contributed by atoms with van der Waals surface area (Å²) in [5.74, 6) is -0.196. The molecule has 1 unspecified atom stereocenters. The van der Waals surface area contributed by atoms with Crippen molar-refractivity contribution >= 4 is 35.0 Å². The molecule has 1 aliphatic rings. The van der Waals surface area contributed by atoms with Crippen molar-refractivity contribution in [3.63, 3.8) is 0 Å². The normalized spacial score (nSPS) is 15.0. The van der Waals surface area contributed by atoms with E-state index in [2.05, 4.69) is 22.8 Å². The second-order valence-corrected chi connectivity index (χ2v) is 8.79. The predicted octanol–water partition coefficient (Wildman–Crippen LogP) is 0.679. The van der Waals surface area contributed by atoms with Crippen LogP contribution >= 0.6 is 11.8 Å². The van der Waals surface area contributed by atoms with E-state index in [0.29, 0.717) is 0 Å². The summed E-state index contributed by atoms with van der Waals surface area (Å²) >= 11 is 1.59. The second kappa shape index (κ2) is 11.2. The van der Waals surface area contributed by atoms with Gasteiger partial charge in [-0.1, -0.05) is 24.3 Å². The van der Waals surface area contributed by atoms with Gasteiger partial charge in [-0.25, -0.2) is 0 Å². The van der Waals surface area contributed by atoms with E-state index in [-0.39, 0.29) is 24.9 Å². The summed E-state index contributed by atoms with van der Waals surface area (Å²) in [5, 5.41) is 5.87. The average Bonchev–Trinajstić information content (AvgIpc) is 3.22. The van der Waals surface area contributed by atoms with Gasteiger partial charge in [0, 0.05) is 29.0 Å². The second-order valence-electron chi connectivity index (χ2n) is 7.94. The van der Waals surface area contributed by atoms with Crippen LogP contribution in [-0.4, -0.2) is 51.3 Å². The molecule has 0 aliphatic carbocycles. The van der Waals surface area contributed by atoms with E-state index in [1.807, 2.05) is 49.7 Å². The first-order valence-electron chi connectivity index (χ1n) is 10.5. The zero-order valence-electron chi connectivity index (χ0n) is 17.8. The Kier molecular flexibility index (Phi) is 8.30. The van der Waals surface area contributed by atoms with Gasteiger partial charge in [0.15, 0.2) is 13.1 Å². The highest BCUT2D eigenvalue weighted by atomic mass is 32.2. The van der Waals surface area contributed by atoms with Gasteiger partial charge >= 0.3 is 0 Å². The number of hydrogen-bond acceptors (Lipinski definition) is 3. The molecule has 1 aliphatic heterocycles. The third kappa shape index (κ3) is 6.86. The van der Waals surface area contributed by atoms with Crippen LogP contribution in [0, 0.1) is 0 Å². The summed E-state index contributed by atoms with van der Waals surface area (Å²) in [5.41, 5.74) is 2.91. The molecule has 0 radical (unpaired) electrons. The number of anilines is 2. The quantitative estimate of drug-likeness (QED) is 0.444. The van der Waals surface area contributed by atoms with E-state index in [9.17, 15) is 9.59 Å². The molecule has 1 saturated heterocycles. The van der Waals surface area contributed by atoms with E-state index < -0.39 is 0 Å². The van der Waals surface area contributed by atoms with Gasteiger partial charge in [-0.15, -0.1) is 11.8 Å². The molecule has 0 saturated carbocycles. The molecular formula is C23H32N4O2S+2. The molecule has 2 amide bonds. The number of benzene rings is 2. The Morgan fingerprint density at radius 3 is 2.27 bits per heavy atom. The SMILES string of the molecule is CSc1ccccc1NC(=O)C[NH+](C)CC(=O)Nc1ccc(C[NH+]2CCCC2)cc1. The van der Waals surface area contributed by atoms with Crippen molar-refractivity contribution in [1.82, 2.24) is 0 Å². The highest BCUT2D eigenvalue weighted by molar-refractivity contribution is 7.98. The molecule has 160 valence electrons. The number of carbonyl (C=O) groups is 2. The Balaban J connectivity index is 1.43. The number of rotatable bonds is 9. The van der Waals surface area contributed by atoms with Crippen LogP contribution in [-0.2, 0) is 16.1 Å². The fourth-order valence-corrected chi connectivity index (χ4v) is 4.36. The van der Waals surface area contributed by atoms with Gasteiger partial charge in [0.2, 0.25) is 0 Å². The summed E-state index contributed by atoms with van der Waals surface area (Å²) in [7, 11) is 1.85. The van der Waals surface area contributed by atoms with Crippen LogP contribution in [0.25, 0.3) is 0 Å². The lowest BCUT2D eigenvalue weighted by molar-refractivity contribution is -0.901. The van der Waals surface area contributed by atoms with Crippen LogP contribution in [0.5, 0.6) is 0 Å². The van der Waals surface area contributed by atoms with Gasteiger partial charge in [-0.3, -0.25) is 9.59 Å². The number of amides is 2. The molecule has 2 aromatic rings. The lowest BCUT2D eigenvalue weighted by Gasteiger charge is -2.15. The number of carbonyl (C=O) groups excluding carboxylic acids is 2. The van der Waals surface area contributed by atoms with Gasteiger partial charge in [0.25, 0.3) is 11.8 Å². The average molecular weight is 429 g/mol. The standard InChI is InChI=1S/C23H30N4O2S/c1-26(17-23(29)25-20-7-3-4-8-21(20)30-2)16-22(28)24-19-11-9-18(10-12-19)15-27-13-5-6-14-27/h3-4,7-12H,5-6,13-17H2,1-2H3,(H,24,28)(H,25,29)/p+2. The fraction of sp³-hybridized carbons (Fsp3) is 0.391. The molecule has 0 bridgehead atoms. The van der Waals surface area contributed by atoms with Crippen LogP contribution in [0.15, 0.2) is 53.4 Å². The molecule has 0 spiro atoms. The Morgan fingerprint density at radius 1 is 0.967 bits per heavy atom. The molecule has 30 heavy (non-hydrogen) atoms. The van der Waals surface area contributed by atoms with Crippen LogP contribution < -0.4 is 20.4 Å². The van der Waals surface area contributed by atoms with Gasteiger partial charge < -0.3 is 20.4 Å². The van der Waals surface area contributed by atoms with Crippen molar-refractivity contribution in [1.29, 1.82) is 0 Å². The van der Waals surface area contributed by atoms with Gasteiger partial charge in [-0.05, 0) is 30.5 Å². The molecule has 2 aromatic carbocycles. The molecule has 7 heteroatoms. The predicted molar refractivity (Wildman–Crippen MR) is 122 cm³/mol. The molecule has 6 nitrogen and oxygen atoms in total. The van der Waals surface area contributed by atoms with Crippen LogP contribution in [0.4, 0.5) is 11.4 Å². The highest BCUT2D eigenvalue weighted by Crippen LogP contribution is 2.24. The summed E-state index contributed by atoms with van der Waals surface area (Å²) in [6.07, 6.45) is 4.62. The third-order valence-electron chi connectivity index (χ3n) is 5.31. The van der Waals surface area contributed by atoms with Crippen LogP contribution in [0.2, 0.25) is 0 Å². The zero-order chi connectivity index (χ0) is 21.3. The van der Waals surface area contributed by atoms with Crippen molar-refractivity contribution in [2.24, 2.45) is 0 Å². The minimum absolute atomic E-state index is 0.0947. The molecular weight excluding hydrogens is 396 g/mol. The van der Waals surface area contributed by atoms with Crippen molar-refractivity contribution in [2.75, 3.05) is 50.1 Å². The van der Waals surface area contributed by atoms with Crippen molar-refractivity contribution in [3.8, 4) is 0 Å².